The molecule has 6 heteroatoms. The van der Waals surface area contributed by atoms with Crippen LogP contribution in [0.2, 0.25) is 0 Å². The lowest BCUT2D eigenvalue weighted by atomic mass is 9.79. The summed E-state index contributed by atoms with van der Waals surface area (Å²) in [6, 6.07) is 38.7. The van der Waals surface area contributed by atoms with E-state index in [4.69, 9.17) is 18.1 Å². The molecular weight excluding hydrogens is 653 g/mol. The molecule has 260 valence electrons. The molecule has 0 amide bonds. The zero-order valence-corrected chi connectivity index (χ0v) is 30.4. The lowest BCUT2D eigenvalue weighted by molar-refractivity contribution is 0.00578. The second-order valence-electron chi connectivity index (χ2n) is 15.4. The number of anilines is 2. The van der Waals surface area contributed by atoms with Crippen LogP contribution < -0.4 is 21.0 Å². The first-order valence-corrected chi connectivity index (χ1v) is 18.6. The van der Waals surface area contributed by atoms with Crippen LogP contribution >= 0.6 is 0 Å². The van der Waals surface area contributed by atoms with Gasteiger partial charge in [-0.15, -0.1) is 0 Å². The normalized spacial score (nSPS) is 18.7. The van der Waals surface area contributed by atoms with E-state index >= 15 is 0 Å². The van der Waals surface area contributed by atoms with Crippen LogP contribution in [0.1, 0.15) is 46.1 Å². The van der Waals surface area contributed by atoms with Crippen LogP contribution in [0.4, 0.5) is 11.4 Å². The summed E-state index contributed by atoms with van der Waals surface area (Å²) in [6.45, 7) is 8.37. The molecule has 0 bridgehead atoms. The van der Waals surface area contributed by atoms with Gasteiger partial charge in [0.15, 0.2) is 0 Å². The first-order valence-electron chi connectivity index (χ1n) is 18.6. The highest BCUT2D eigenvalue weighted by Gasteiger charge is 2.51. The monoisotopic (exact) mass is 693 g/mol. The maximum absolute atomic E-state index is 6.39. The summed E-state index contributed by atoms with van der Waals surface area (Å²) in [6.07, 6.45) is 13.1. The Kier molecular flexibility index (Phi) is 7.27. The fourth-order valence-electron chi connectivity index (χ4n) is 8.11. The molecular formula is C47H40BNO4. The Morgan fingerprint density at radius 1 is 0.623 bits per heavy atom. The van der Waals surface area contributed by atoms with Crippen LogP contribution in [0.15, 0.2) is 136 Å². The second-order valence-corrected chi connectivity index (χ2v) is 15.4. The molecule has 2 aromatic heterocycles. The number of para-hydroxylation sites is 3. The van der Waals surface area contributed by atoms with E-state index in [1.54, 1.807) is 0 Å². The van der Waals surface area contributed by atoms with E-state index in [1.807, 2.05) is 12.1 Å². The number of benzene rings is 5. The molecule has 1 aliphatic heterocycles. The Labute approximate surface area is 309 Å². The fraction of sp³-hybridized carbons (Fsp3) is 0.191. The lowest BCUT2D eigenvalue weighted by Gasteiger charge is -2.33. The molecule has 5 nitrogen and oxygen atoms in total. The number of furan rings is 2. The molecule has 1 atom stereocenters. The summed E-state index contributed by atoms with van der Waals surface area (Å²) in [7, 11) is -0.413. The molecule has 0 spiro atoms. The highest BCUT2D eigenvalue weighted by Crippen LogP contribution is 2.40. The fourth-order valence-corrected chi connectivity index (χ4v) is 8.11. The van der Waals surface area contributed by atoms with Gasteiger partial charge in [-0.3, -0.25) is 0 Å². The zero-order chi connectivity index (χ0) is 35.9. The average molecular weight is 694 g/mol. The molecule has 10 rings (SSSR count). The van der Waals surface area contributed by atoms with Gasteiger partial charge in [0.2, 0.25) is 0 Å². The Hall–Kier alpha value is -5.56. The van der Waals surface area contributed by atoms with Gasteiger partial charge in [-0.2, -0.15) is 0 Å². The van der Waals surface area contributed by atoms with Gasteiger partial charge in [0.1, 0.15) is 22.2 Å². The number of allylic oxidation sites excluding steroid dienone is 2. The standard InChI is InChI=1S/C47H40BNO4/c1-46(2)47(3,4)53-48(52-46)32-22-28-35(29-23-32)49(34-26-20-31(21-27-34)37-12-8-15-41-39-13-9-17-43(39)51-45(37)41)33-24-18-30(19-25-33)36-11-7-14-40-38-10-5-6-16-42(38)50-44(36)40/h5-8,10-26,28-29,34H,9,27H2,1-4H3. The number of hydrogen-bond donors (Lipinski definition) is 0. The van der Waals surface area contributed by atoms with E-state index in [2.05, 4.69) is 160 Å². The molecule has 3 aliphatic rings. The van der Waals surface area contributed by atoms with Crippen molar-refractivity contribution in [2.45, 2.75) is 57.8 Å². The summed E-state index contributed by atoms with van der Waals surface area (Å²) in [4.78, 5) is 2.43. The third-order valence-electron chi connectivity index (χ3n) is 11.7. The molecule has 53 heavy (non-hydrogen) atoms. The van der Waals surface area contributed by atoms with Gasteiger partial charge < -0.3 is 23.0 Å². The smallest absolute Gasteiger partial charge is 0.456 e. The van der Waals surface area contributed by atoms with Crippen LogP contribution in [-0.2, 0) is 9.31 Å². The van der Waals surface area contributed by atoms with Crippen molar-refractivity contribution in [3.05, 3.63) is 144 Å². The van der Waals surface area contributed by atoms with Crippen molar-refractivity contribution in [2.24, 2.45) is 0 Å². The molecule has 2 aliphatic carbocycles. The predicted octanol–water partition coefficient (Wildman–Crippen LogP) is 9.81. The zero-order valence-electron chi connectivity index (χ0n) is 30.4. The average Bonchev–Trinajstić information content (AvgIpc) is 3.93. The number of nitrogens with zero attached hydrogens (tertiary/aromatic N) is 1. The van der Waals surface area contributed by atoms with Gasteiger partial charge in [-0.05, 0) is 93.5 Å². The van der Waals surface area contributed by atoms with E-state index in [-0.39, 0.29) is 6.04 Å². The minimum absolute atomic E-state index is 0.0913. The predicted molar refractivity (Wildman–Crippen MR) is 218 cm³/mol. The van der Waals surface area contributed by atoms with Gasteiger partial charge in [0.05, 0.1) is 17.2 Å². The SMILES string of the molecule is CC1(C)OB(c2ccc(N(c3ccc(-c4cccc5c4oc4ccccc45)cc3)C3C=CC(c4cccc5c6c(oc45)=CCC=6)=CC3)cc2)OC1(C)C. The third-order valence-corrected chi connectivity index (χ3v) is 11.7. The number of rotatable bonds is 6. The molecule has 3 heterocycles. The lowest BCUT2D eigenvalue weighted by Crippen LogP contribution is -2.41. The summed E-state index contributed by atoms with van der Waals surface area (Å²) < 4.78 is 25.5. The van der Waals surface area contributed by atoms with Crippen molar-refractivity contribution >= 4 is 74.6 Å². The Bertz CT molecular complexity index is 2730. The largest absolute Gasteiger partial charge is 0.494 e. The van der Waals surface area contributed by atoms with E-state index in [9.17, 15) is 0 Å². The first kappa shape index (κ1) is 32.1. The molecule has 0 saturated carbocycles. The quantitative estimate of drug-likeness (QED) is 0.162. The minimum Gasteiger partial charge on any atom is -0.456 e. The van der Waals surface area contributed by atoms with Crippen molar-refractivity contribution < 1.29 is 18.1 Å². The highest BCUT2D eigenvalue weighted by molar-refractivity contribution is 6.62. The highest BCUT2D eigenvalue weighted by atomic mass is 16.7. The van der Waals surface area contributed by atoms with Crippen LogP contribution in [0, 0.1) is 0 Å². The van der Waals surface area contributed by atoms with Gasteiger partial charge in [-0.1, -0.05) is 103 Å². The summed E-state index contributed by atoms with van der Waals surface area (Å²) in [5, 5.41) is 4.67. The van der Waals surface area contributed by atoms with Gasteiger partial charge >= 0.3 is 7.12 Å². The van der Waals surface area contributed by atoms with Gasteiger partial charge in [-0.25, -0.2) is 0 Å². The van der Waals surface area contributed by atoms with Gasteiger partial charge in [0.25, 0.3) is 0 Å². The molecule has 1 unspecified atom stereocenters. The molecule has 0 radical (unpaired) electrons. The topological polar surface area (TPSA) is 48.0 Å². The van der Waals surface area contributed by atoms with Crippen LogP contribution in [-0.4, -0.2) is 24.4 Å². The first-order chi connectivity index (χ1) is 25.7. The Balaban J connectivity index is 1.00. The maximum Gasteiger partial charge on any atom is 0.494 e. The molecule has 0 N–H and O–H groups in total. The van der Waals surface area contributed by atoms with E-state index in [1.165, 1.54) is 16.2 Å². The van der Waals surface area contributed by atoms with Crippen LogP contribution in [0.25, 0.3) is 61.8 Å². The van der Waals surface area contributed by atoms with Crippen molar-refractivity contribution in [1.82, 2.24) is 0 Å². The molecule has 1 saturated heterocycles. The van der Waals surface area contributed by atoms with E-state index in [0.717, 1.165) is 79.3 Å². The molecule has 7 aromatic rings. The number of fused-ring (bicyclic) bond motifs is 6. The van der Waals surface area contributed by atoms with E-state index in [0.29, 0.717) is 0 Å². The van der Waals surface area contributed by atoms with Crippen molar-refractivity contribution in [3.63, 3.8) is 0 Å². The molecule has 5 aromatic carbocycles. The second kappa shape index (κ2) is 12.0. The van der Waals surface area contributed by atoms with Crippen LogP contribution in [0.3, 0.4) is 0 Å². The molecule has 1 fully saturated rings. The van der Waals surface area contributed by atoms with Crippen molar-refractivity contribution in [3.8, 4) is 11.1 Å². The Morgan fingerprint density at radius 2 is 1.28 bits per heavy atom. The third kappa shape index (κ3) is 5.23. The van der Waals surface area contributed by atoms with Gasteiger partial charge in [0, 0.05) is 43.9 Å². The van der Waals surface area contributed by atoms with Crippen LogP contribution in [0.5, 0.6) is 0 Å². The summed E-state index contributed by atoms with van der Waals surface area (Å²) >= 11 is 0. The minimum atomic E-state index is -0.413. The van der Waals surface area contributed by atoms with Crippen molar-refractivity contribution in [2.75, 3.05) is 4.90 Å². The van der Waals surface area contributed by atoms with E-state index < -0.39 is 18.3 Å². The summed E-state index contributed by atoms with van der Waals surface area (Å²) in [5.74, 6) is 0. The number of hydrogen-bond acceptors (Lipinski definition) is 5. The Morgan fingerprint density at radius 3 is 2.02 bits per heavy atom. The van der Waals surface area contributed by atoms with Crippen molar-refractivity contribution in [1.29, 1.82) is 0 Å². The summed E-state index contributed by atoms with van der Waals surface area (Å²) in [5.41, 5.74) is 10.7. The maximum atomic E-state index is 6.39.